The Morgan fingerprint density at radius 2 is 2.23 bits per heavy atom. The number of allylic oxidation sites excluding steroid dienone is 1. The first kappa shape index (κ1) is 9.14. The Kier molecular flexibility index (Phi) is 2.93. The molecule has 0 N–H and O–H groups in total. The molecule has 2 nitrogen and oxygen atoms in total. The van der Waals surface area contributed by atoms with Crippen molar-refractivity contribution in [1.82, 2.24) is 0 Å². The van der Waals surface area contributed by atoms with Gasteiger partial charge in [-0.3, -0.25) is 4.79 Å². The second kappa shape index (κ2) is 4.17. The molecule has 0 spiro atoms. The molecule has 1 rings (SSSR count). The molecular formula is C10H6FNO. The van der Waals surface area contributed by atoms with E-state index in [1.807, 2.05) is 0 Å². The molecule has 1 aromatic rings. The lowest BCUT2D eigenvalue weighted by molar-refractivity contribution is -0.104. The van der Waals surface area contributed by atoms with Gasteiger partial charge in [-0.25, -0.2) is 4.39 Å². The van der Waals surface area contributed by atoms with Gasteiger partial charge in [0.25, 0.3) is 0 Å². The van der Waals surface area contributed by atoms with E-state index < -0.39 is 5.82 Å². The minimum absolute atomic E-state index is 0.00301. The summed E-state index contributed by atoms with van der Waals surface area (Å²) in [5.74, 6) is -0.574. The maximum atomic E-state index is 12.9. The molecule has 0 amide bonds. The van der Waals surface area contributed by atoms with Crippen molar-refractivity contribution in [1.29, 1.82) is 5.26 Å². The lowest BCUT2D eigenvalue weighted by atomic mass is 10.1. The number of carbonyl (C=O) groups is 1. The molecule has 0 saturated carbocycles. The van der Waals surface area contributed by atoms with Crippen molar-refractivity contribution in [2.24, 2.45) is 0 Å². The number of aldehydes is 1. The molecule has 0 unspecified atom stereocenters. The molecule has 0 aromatic heterocycles. The van der Waals surface area contributed by atoms with Crippen molar-refractivity contribution in [3.63, 3.8) is 0 Å². The number of hydrogen-bond donors (Lipinski definition) is 0. The van der Waals surface area contributed by atoms with Gasteiger partial charge in [-0.2, -0.15) is 5.26 Å². The van der Waals surface area contributed by atoms with Crippen molar-refractivity contribution < 1.29 is 9.18 Å². The van der Waals surface area contributed by atoms with Gasteiger partial charge in [0.05, 0.1) is 5.56 Å². The van der Waals surface area contributed by atoms with Gasteiger partial charge in [0, 0.05) is 0 Å². The maximum absolute atomic E-state index is 12.9. The Balaban J connectivity index is 3.04. The van der Waals surface area contributed by atoms with Crippen molar-refractivity contribution in [2.45, 2.75) is 0 Å². The SMILES string of the molecule is N#Cc1ccc(/C=C/C=O)cc1F. The van der Waals surface area contributed by atoms with Gasteiger partial charge in [0.15, 0.2) is 0 Å². The Labute approximate surface area is 74.9 Å². The summed E-state index contributed by atoms with van der Waals surface area (Å²) in [6.07, 6.45) is 3.34. The average molecular weight is 175 g/mol. The molecule has 0 heterocycles. The molecule has 13 heavy (non-hydrogen) atoms. The lowest BCUT2D eigenvalue weighted by Crippen LogP contribution is -1.83. The summed E-state index contributed by atoms with van der Waals surface area (Å²) in [4.78, 5) is 9.95. The molecule has 0 aliphatic rings. The molecule has 0 aliphatic heterocycles. The highest BCUT2D eigenvalue weighted by Gasteiger charge is 1.99. The van der Waals surface area contributed by atoms with Crippen LogP contribution in [0.25, 0.3) is 6.08 Å². The Morgan fingerprint density at radius 1 is 1.46 bits per heavy atom. The predicted octanol–water partition coefficient (Wildman–Crippen LogP) is 1.91. The van der Waals surface area contributed by atoms with Crippen LogP contribution in [-0.2, 0) is 4.79 Å². The number of halogens is 1. The van der Waals surface area contributed by atoms with Crippen molar-refractivity contribution in [3.05, 3.63) is 41.2 Å². The molecule has 0 bridgehead atoms. The molecule has 0 aliphatic carbocycles. The third-order valence-electron chi connectivity index (χ3n) is 1.48. The van der Waals surface area contributed by atoms with Crippen LogP contribution in [-0.4, -0.2) is 6.29 Å². The van der Waals surface area contributed by atoms with Crippen molar-refractivity contribution >= 4 is 12.4 Å². The van der Waals surface area contributed by atoms with Crippen LogP contribution < -0.4 is 0 Å². The van der Waals surface area contributed by atoms with Gasteiger partial charge in [-0.15, -0.1) is 0 Å². The Hall–Kier alpha value is -1.95. The third kappa shape index (κ3) is 2.24. The molecule has 0 fully saturated rings. The van der Waals surface area contributed by atoms with E-state index in [1.165, 1.54) is 24.3 Å². The van der Waals surface area contributed by atoms with E-state index in [0.717, 1.165) is 0 Å². The quantitative estimate of drug-likeness (QED) is 0.508. The van der Waals surface area contributed by atoms with E-state index in [9.17, 15) is 9.18 Å². The number of hydrogen-bond acceptors (Lipinski definition) is 2. The van der Waals surface area contributed by atoms with E-state index in [-0.39, 0.29) is 5.56 Å². The fraction of sp³-hybridized carbons (Fsp3) is 0. The first-order valence-electron chi connectivity index (χ1n) is 3.59. The van der Waals surface area contributed by atoms with Crippen LogP contribution in [0.1, 0.15) is 11.1 Å². The average Bonchev–Trinajstić information content (AvgIpc) is 2.15. The van der Waals surface area contributed by atoms with Crippen LogP contribution in [0.15, 0.2) is 24.3 Å². The Bertz CT molecular complexity index is 390. The molecule has 0 saturated heterocycles. The summed E-state index contributed by atoms with van der Waals surface area (Å²) in [6.45, 7) is 0. The zero-order chi connectivity index (χ0) is 9.68. The second-order valence-electron chi connectivity index (χ2n) is 2.35. The van der Waals surface area contributed by atoms with E-state index in [1.54, 1.807) is 12.1 Å². The van der Waals surface area contributed by atoms with Crippen LogP contribution in [0.5, 0.6) is 0 Å². The number of nitriles is 1. The highest BCUT2D eigenvalue weighted by atomic mass is 19.1. The van der Waals surface area contributed by atoms with E-state index in [4.69, 9.17) is 5.26 Å². The van der Waals surface area contributed by atoms with Crippen LogP contribution >= 0.6 is 0 Å². The van der Waals surface area contributed by atoms with Gasteiger partial charge in [-0.05, 0) is 23.8 Å². The topological polar surface area (TPSA) is 40.9 Å². The minimum atomic E-state index is -0.574. The van der Waals surface area contributed by atoms with Crippen molar-refractivity contribution in [2.75, 3.05) is 0 Å². The summed E-state index contributed by atoms with van der Waals surface area (Å²) >= 11 is 0. The van der Waals surface area contributed by atoms with Crippen LogP contribution in [0, 0.1) is 17.1 Å². The number of benzene rings is 1. The monoisotopic (exact) mass is 175 g/mol. The van der Waals surface area contributed by atoms with Gasteiger partial charge in [0.1, 0.15) is 18.2 Å². The summed E-state index contributed by atoms with van der Waals surface area (Å²) in [5.41, 5.74) is 0.562. The fourth-order valence-corrected chi connectivity index (χ4v) is 0.876. The summed E-state index contributed by atoms with van der Waals surface area (Å²) in [5, 5.41) is 8.42. The van der Waals surface area contributed by atoms with E-state index in [2.05, 4.69) is 0 Å². The van der Waals surface area contributed by atoms with Gasteiger partial charge in [-0.1, -0.05) is 12.1 Å². The smallest absolute Gasteiger partial charge is 0.142 e. The molecular weight excluding hydrogens is 169 g/mol. The summed E-state index contributed by atoms with van der Waals surface area (Å²) < 4.78 is 12.9. The summed E-state index contributed by atoms with van der Waals surface area (Å²) in [6, 6.07) is 5.86. The maximum Gasteiger partial charge on any atom is 0.142 e. The molecule has 0 radical (unpaired) electrons. The standard InChI is InChI=1S/C10H6FNO/c11-10-6-8(2-1-5-13)3-4-9(10)7-12/h1-6H/b2-1+. The van der Waals surface area contributed by atoms with Crippen molar-refractivity contribution in [3.8, 4) is 6.07 Å². The Morgan fingerprint density at radius 3 is 2.77 bits per heavy atom. The van der Waals surface area contributed by atoms with Gasteiger partial charge >= 0.3 is 0 Å². The van der Waals surface area contributed by atoms with Crippen LogP contribution in [0.2, 0.25) is 0 Å². The normalized spacial score (nSPS) is 9.85. The first-order valence-corrected chi connectivity index (χ1v) is 3.59. The molecule has 64 valence electrons. The largest absolute Gasteiger partial charge is 0.299 e. The minimum Gasteiger partial charge on any atom is -0.299 e. The molecule has 0 atom stereocenters. The zero-order valence-corrected chi connectivity index (χ0v) is 6.70. The number of rotatable bonds is 2. The summed E-state index contributed by atoms with van der Waals surface area (Å²) in [7, 11) is 0. The van der Waals surface area contributed by atoms with Crippen LogP contribution in [0.4, 0.5) is 4.39 Å². The van der Waals surface area contributed by atoms with Gasteiger partial charge in [0.2, 0.25) is 0 Å². The molecule has 3 heteroatoms. The second-order valence-corrected chi connectivity index (χ2v) is 2.35. The first-order chi connectivity index (χ1) is 6.27. The lowest BCUT2D eigenvalue weighted by Gasteiger charge is -1.94. The van der Waals surface area contributed by atoms with Crippen LogP contribution in [0.3, 0.4) is 0 Å². The highest BCUT2D eigenvalue weighted by Crippen LogP contribution is 2.10. The molecule has 1 aromatic carbocycles. The number of nitrogens with zero attached hydrogens (tertiary/aromatic N) is 1. The number of carbonyl (C=O) groups excluding carboxylic acids is 1. The van der Waals surface area contributed by atoms with Gasteiger partial charge < -0.3 is 0 Å². The fourth-order valence-electron chi connectivity index (χ4n) is 0.876. The predicted molar refractivity (Wildman–Crippen MR) is 46.2 cm³/mol. The zero-order valence-electron chi connectivity index (χ0n) is 6.70. The van der Waals surface area contributed by atoms with E-state index in [0.29, 0.717) is 11.8 Å². The highest BCUT2D eigenvalue weighted by molar-refractivity contribution is 5.73. The third-order valence-corrected chi connectivity index (χ3v) is 1.48. The van der Waals surface area contributed by atoms with E-state index >= 15 is 0 Å².